The van der Waals surface area contributed by atoms with Crippen molar-refractivity contribution in [3.05, 3.63) is 81.5 Å². The zero-order chi connectivity index (χ0) is 17.8. The Labute approximate surface area is 143 Å². The first kappa shape index (κ1) is 16.3. The molecule has 124 valence electrons. The number of nitro groups is 1. The number of nitrogens with one attached hydrogen (secondary N) is 1. The van der Waals surface area contributed by atoms with E-state index < -0.39 is 10.8 Å². The number of nitro benzene ring substituents is 1. The van der Waals surface area contributed by atoms with Gasteiger partial charge in [-0.2, -0.15) is 5.10 Å². The summed E-state index contributed by atoms with van der Waals surface area (Å²) >= 11 is 0. The van der Waals surface area contributed by atoms with Gasteiger partial charge in [-0.05, 0) is 19.1 Å². The van der Waals surface area contributed by atoms with Crippen molar-refractivity contribution in [2.75, 3.05) is 0 Å². The second-order valence-corrected chi connectivity index (χ2v) is 5.37. The van der Waals surface area contributed by atoms with E-state index in [1.165, 1.54) is 18.3 Å². The SMILES string of the molecule is Cc1nc2ccccc2cc1C(=O)NN=Cc1cccc([N+](=O)[O-])c1. The van der Waals surface area contributed by atoms with Crippen molar-refractivity contribution in [2.24, 2.45) is 5.10 Å². The number of pyridine rings is 1. The van der Waals surface area contributed by atoms with Gasteiger partial charge in [0.05, 0.1) is 27.9 Å². The van der Waals surface area contributed by atoms with Gasteiger partial charge in [-0.1, -0.05) is 30.3 Å². The van der Waals surface area contributed by atoms with Gasteiger partial charge in [0.25, 0.3) is 11.6 Å². The number of aryl methyl sites for hydroxylation is 1. The van der Waals surface area contributed by atoms with Crippen molar-refractivity contribution in [2.45, 2.75) is 6.92 Å². The van der Waals surface area contributed by atoms with Gasteiger partial charge in [-0.25, -0.2) is 5.43 Å². The Hall–Kier alpha value is -3.61. The van der Waals surface area contributed by atoms with E-state index in [0.29, 0.717) is 16.8 Å². The maximum Gasteiger partial charge on any atom is 0.273 e. The summed E-state index contributed by atoms with van der Waals surface area (Å²) in [5.74, 6) is -0.391. The van der Waals surface area contributed by atoms with Crippen LogP contribution >= 0.6 is 0 Å². The third-order valence-electron chi connectivity index (χ3n) is 3.62. The number of hydrogen-bond donors (Lipinski definition) is 1. The molecule has 1 aromatic heterocycles. The van der Waals surface area contributed by atoms with Crippen LogP contribution in [0.15, 0.2) is 59.7 Å². The minimum atomic E-state index is -0.486. The van der Waals surface area contributed by atoms with E-state index in [9.17, 15) is 14.9 Å². The fourth-order valence-electron chi connectivity index (χ4n) is 2.39. The van der Waals surface area contributed by atoms with Crippen LogP contribution in [0.4, 0.5) is 5.69 Å². The number of amides is 1. The molecule has 0 aliphatic heterocycles. The van der Waals surface area contributed by atoms with Crippen LogP contribution in [-0.2, 0) is 0 Å². The first-order chi connectivity index (χ1) is 12.0. The molecule has 2 aromatic carbocycles. The molecule has 7 heteroatoms. The molecule has 1 N–H and O–H groups in total. The predicted molar refractivity (Wildman–Crippen MR) is 94.6 cm³/mol. The third-order valence-corrected chi connectivity index (χ3v) is 3.62. The molecule has 3 aromatic rings. The van der Waals surface area contributed by atoms with Crippen molar-refractivity contribution < 1.29 is 9.72 Å². The van der Waals surface area contributed by atoms with Crippen molar-refractivity contribution in [1.82, 2.24) is 10.4 Å². The second kappa shape index (κ2) is 6.88. The largest absolute Gasteiger partial charge is 0.273 e. The van der Waals surface area contributed by atoms with E-state index in [4.69, 9.17) is 0 Å². The second-order valence-electron chi connectivity index (χ2n) is 5.37. The minimum Gasteiger partial charge on any atom is -0.267 e. The summed E-state index contributed by atoms with van der Waals surface area (Å²) in [4.78, 5) is 27.0. The molecule has 0 saturated carbocycles. The van der Waals surface area contributed by atoms with Gasteiger partial charge in [-0.15, -0.1) is 0 Å². The first-order valence-electron chi connectivity index (χ1n) is 7.49. The standard InChI is InChI=1S/C18H14N4O3/c1-12-16(10-14-6-2-3-8-17(14)20-12)18(23)21-19-11-13-5-4-7-15(9-13)22(24)25/h2-11H,1H3,(H,21,23). The van der Waals surface area contributed by atoms with Crippen LogP contribution in [0.2, 0.25) is 0 Å². The molecule has 0 saturated heterocycles. The quantitative estimate of drug-likeness (QED) is 0.450. The molecule has 1 amide bonds. The number of carbonyl (C=O) groups is 1. The fourth-order valence-corrected chi connectivity index (χ4v) is 2.39. The highest BCUT2D eigenvalue weighted by molar-refractivity contribution is 5.99. The Kier molecular flexibility index (Phi) is 4.47. The number of hydrazone groups is 1. The van der Waals surface area contributed by atoms with Crippen molar-refractivity contribution >= 4 is 28.7 Å². The number of rotatable bonds is 4. The average molecular weight is 334 g/mol. The van der Waals surface area contributed by atoms with E-state index in [1.54, 1.807) is 25.1 Å². The lowest BCUT2D eigenvalue weighted by atomic mass is 10.1. The number of benzene rings is 2. The summed E-state index contributed by atoms with van der Waals surface area (Å²) < 4.78 is 0. The lowest BCUT2D eigenvalue weighted by Crippen LogP contribution is -2.19. The van der Waals surface area contributed by atoms with Crippen LogP contribution in [0.1, 0.15) is 21.6 Å². The summed E-state index contributed by atoms with van der Waals surface area (Å²) in [5, 5.41) is 15.5. The van der Waals surface area contributed by atoms with Crippen LogP contribution in [0.5, 0.6) is 0 Å². The van der Waals surface area contributed by atoms with Gasteiger partial charge < -0.3 is 0 Å². The zero-order valence-corrected chi connectivity index (χ0v) is 13.3. The van der Waals surface area contributed by atoms with Crippen LogP contribution in [0, 0.1) is 17.0 Å². The number of hydrogen-bond acceptors (Lipinski definition) is 5. The molecular weight excluding hydrogens is 320 g/mol. The van der Waals surface area contributed by atoms with Crippen LogP contribution in [0.3, 0.4) is 0 Å². The Bertz CT molecular complexity index is 999. The Morgan fingerprint density at radius 3 is 2.80 bits per heavy atom. The summed E-state index contributed by atoms with van der Waals surface area (Å²) in [6, 6.07) is 15.3. The molecule has 25 heavy (non-hydrogen) atoms. The number of para-hydroxylation sites is 1. The third kappa shape index (κ3) is 3.66. The summed E-state index contributed by atoms with van der Waals surface area (Å²) in [7, 11) is 0. The molecule has 3 rings (SSSR count). The molecule has 1 heterocycles. The zero-order valence-electron chi connectivity index (χ0n) is 13.3. The normalized spacial score (nSPS) is 10.9. The predicted octanol–water partition coefficient (Wildman–Crippen LogP) is 3.22. The van der Waals surface area contributed by atoms with Gasteiger partial charge in [-0.3, -0.25) is 19.9 Å². The Morgan fingerprint density at radius 2 is 2.00 bits per heavy atom. The topological polar surface area (TPSA) is 97.5 Å². The summed E-state index contributed by atoms with van der Waals surface area (Å²) in [6.45, 7) is 1.76. The Balaban J connectivity index is 1.77. The number of nitrogens with zero attached hydrogens (tertiary/aromatic N) is 3. The number of fused-ring (bicyclic) bond motifs is 1. The maximum absolute atomic E-state index is 12.3. The average Bonchev–Trinajstić information content (AvgIpc) is 2.61. The molecule has 0 aliphatic rings. The molecule has 0 spiro atoms. The van der Waals surface area contributed by atoms with Crippen LogP contribution in [0.25, 0.3) is 10.9 Å². The summed E-state index contributed by atoms with van der Waals surface area (Å²) in [6.07, 6.45) is 1.36. The Morgan fingerprint density at radius 1 is 1.20 bits per heavy atom. The van der Waals surface area contributed by atoms with Crippen molar-refractivity contribution in [3.63, 3.8) is 0 Å². The van der Waals surface area contributed by atoms with Crippen LogP contribution in [-0.4, -0.2) is 22.0 Å². The molecule has 7 nitrogen and oxygen atoms in total. The molecule has 0 radical (unpaired) electrons. The van der Waals surface area contributed by atoms with E-state index in [0.717, 1.165) is 10.9 Å². The van der Waals surface area contributed by atoms with Crippen molar-refractivity contribution in [1.29, 1.82) is 0 Å². The highest BCUT2D eigenvalue weighted by Gasteiger charge is 2.11. The van der Waals surface area contributed by atoms with Gasteiger partial charge in [0.2, 0.25) is 0 Å². The number of non-ortho nitro benzene ring substituents is 1. The molecule has 0 unspecified atom stereocenters. The minimum absolute atomic E-state index is 0.0372. The fraction of sp³-hybridized carbons (Fsp3) is 0.0556. The monoisotopic (exact) mass is 334 g/mol. The van der Waals surface area contributed by atoms with Gasteiger partial charge in [0.15, 0.2) is 0 Å². The summed E-state index contributed by atoms with van der Waals surface area (Å²) in [5.41, 5.74) is 4.74. The molecule has 0 atom stereocenters. The van der Waals surface area contributed by atoms with E-state index in [-0.39, 0.29) is 5.69 Å². The van der Waals surface area contributed by atoms with Crippen molar-refractivity contribution in [3.8, 4) is 0 Å². The van der Waals surface area contributed by atoms with E-state index >= 15 is 0 Å². The van der Waals surface area contributed by atoms with Crippen LogP contribution < -0.4 is 5.43 Å². The maximum atomic E-state index is 12.3. The molecular formula is C18H14N4O3. The molecule has 0 bridgehead atoms. The van der Waals surface area contributed by atoms with Gasteiger partial charge >= 0.3 is 0 Å². The molecule has 0 aliphatic carbocycles. The number of carbonyl (C=O) groups excluding carboxylic acids is 1. The highest BCUT2D eigenvalue weighted by atomic mass is 16.6. The first-order valence-corrected chi connectivity index (χ1v) is 7.49. The lowest BCUT2D eigenvalue weighted by molar-refractivity contribution is -0.384. The molecule has 0 fully saturated rings. The van der Waals surface area contributed by atoms with E-state index in [1.807, 2.05) is 24.3 Å². The lowest BCUT2D eigenvalue weighted by Gasteiger charge is -2.06. The van der Waals surface area contributed by atoms with Gasteiger partial charge in [0, 0.05) is 23.1 Å². The van der Waals surface area contributed by atoms with E-state index in [2.05, 4.69) is 15.5 Å². The highest BCUT2D eigenvalue weighted by Crippen LogP contribution is 2.16. The smallest absolute Gasteiger partial charge is 0.267 e. The number of aromatic nitrogens is 1. The van der Waals surface area contributed by atoms with Gasteiger partial charge in [0.1, 0.15) is 0 Å².